The van der Waals surface area contributed by atoms with E-state index >= 15 is 0 Å². The quantitative estimate of drug-likeness (QED) is 0.425. The Balaban J connectivity index is 1.59. The highest BCUT2D eigenvalue weighted by molar-refractivity contribution is 5.75. The molecule has 2 aromatic rings. The average molecular weight is 372 g/mol. The second-order valence-electron chi connectivity index (χ2n) is 7.43. The second-order valence-corrected chi connectivity index (χ2v) is 7.43. The molecule has 0 spiro atoms. The van der Waals surface area contributed by atoms with Gasteiger partial charge in [0.1, 0.15) is 17.4 Å². The van der Waals surface area contributed by atoms with Crippen molar-refractivity contribution >= 4 is 5.97 Å². The SMILES string of the molecule is CCCCC1CCC(C(=O)Oc2ccc(-c3ccc(F)cc3)c(F)c2)CC1. The third-order valence-corrected chi connectivity index (χ3v) is 5.46. The fraction of sp³-hybridized carbons (Fsp3) is 0.435. The van der Waals surface area contributed by atoms with Crippen molar-refractivity contribution in [1.29, 1.82) is 0 Å². The van der Waals surface area contributed by atoms with Gasteiger partial charge in [-0.05, 0) is 61.4 Å². The topological polar surface area (TPSA) is 26.3 Å². The zero-order chi connectivity index (χ0) is 19.2. The number of hydrogen-bond acceptors (Lipinski definition) is 2. The first-order valence-corrected chi connectivity index (χ1v) is 9.84. The van der Waals surface area contributed by atoms with Gasteiger partial charge in [0, 0.05) is 11.6 Å². The summed E-state index contributed by atoms with van der Waals surface area (Å²) in [7, 11) is 0. The molecule has 0 aliphatic heterocycles. The van der Waals surface area contributed by atoms with Gasteiger partial charge in [-0.25, -0.2) is 8.78 Å². The molecule has 1 saturated carbocycles. The summed E-state index contributed by atoms with van der Waals surface area (Å²) in [6.07, 6.45) is 7.54. The minimum atomic E-state index is -0.491. The molecule has 1 fully saturated rings. The van der Waals surface area contributed by atoms with Gasteiger partial charge in [-0.1, -0.05) is 38.3 Å². The van der Waals surface area contributed by atoms with Crippen molar-refractivity contribution in [2.75, 3.05) is 0 Å². The van der Waals surface area contributed by atoms with Crippen LogP contribution in [0.4, 0.5) is 8.78 Å². The molecule has 27 heavy (non-hydrogen) atoms. The number of hydrogen-bond donors (Lipinski definition) is 0. The highest BCUT2D eigenvalue weighted by atomic mass is 19.1. The first-order chi connectivity index (χ1) is 13.1. The van der Waals surface area contributed by atoms with Crippen molar-refractivity contribution in [1.82, 2.24) is 0 Å². The Morgan fingerprint density at radius 2 is 1.74 bits per heavy atom. The average Bonchev–Trinajstić information content (AvgIpc) is 2.68. The number of esters is 1. The fourth-order valence-electron chi connectivity index (χ4n) is 3.80. The predicted molar refractivity (Wildman–Crippen MR) is 102 cm³/mol. The molecule has 1 aliphatic rings. The maximum absolute atomic E-state index is 14.4. The van der Waals surface area contributed by atoms with Crippen LogP contribution in [-0.2, 0) is 4.79 Å². The predicted octanol–water partition coefficient (Wildman–Crippen LogP) is 6.53. The monoisotopic (exact) mass is 372 g/mol. The van der Waals surface area contributed by atoms with Crippen LogP contribution in [-0.4, -0.2) is 5.97 Å². The first kappa shape index (κ1) is 19.5. The van der Waals surface area contributed by atoms with Crippen LogP contribution in [0.5, 0.6) is 5.75 Å². The molecule has 0 heterocycles. The van der Waals surface area contributed by atoms with E-state index < -0.39 is 5.82 Å². The van der Waals surface area contributed by atoms with Crippen molar-refractivity contribution < 1.29 is 18.3 Å². The summed E-state index contributed by atoms with van der Waals surface area (Å²) in [5.41, 5.74) is 0.934. The van der Waals surface area contributed by atoms with Crippen molar-refractivity contribution in [2.45, 2.75) is 51.9 Å². The number of ether oxygens (including phenoxy) is 1. The molecule has 0 atom stereocenters. The van der Waals surface area contributed by atoms with Gasteiger partial charge >= 0.3 is 5.97 Å². The second kappa shape index (κ2) is 9.12. The Kier molecular flexibility index (Phi) is 6.59. The Morgan fingerprint density at radius 1 is 1.04 bits per heavy atom. The van der Waals surface area contributed by atoms with Crippen LogP contribution < -0.4 is 4.74 Å². The first-order valence-electron chi connectivity index (χ1n) is 9.84. The van der Waals surface area contributed by atoms with E-state index in [4.69, 9.17) is 4.74 Å². The lowest BCUT2D eigenvalue weighted by molar-refractivity contribution is -0.140. The van der Waals surface area contributed by atoms with Crippen molar-refractivity contribution in [2.24, 2.45) is 11.8 Å². The normalized spacial score (nSPS) is 19.7. The summed E-state index contributed by atoms with van der Waals surface area (Å²) in [5.74, 6) is -0.275. The van der Waals surface area contributed by atoms with E-state index in [0.29, 0.717) is 11.1 Å². The number of benzene rings is 2. The highest BCUT2D eigenvalue weighted by Crippen LogP contribution is 2.33. The summed E-state index contributed by atoms with van der Waals surface area (Å²) in [5, 5.41) is 0. The fourth-order valence-corrected chi connectivity index (χ4v) is 3.80. The Morgan fingerprint density at radius 3 is 2.37 bits per heavy atom. The zero-order valence-corrected chi connectivity index (χ0v) is 15.7. The smallest absolute Gasteiger partial charge is 0.314 e. The number of carbonyl (C=O) groups excluding carboxylic acids is 1. The molecule has 2 aromatic carbocycles. The number of unbranched alkanes of at least 4 members (excludes halogenated alkanes) is 1. The van der Waals surface area contributed by atoms with Gasteiger partial charge in [-0.15, -0.1) is 0 Å². The number of halogens is 2. The van der Waals surface area contributed by atoms with E-state index in [2.05, 4.69) is 6.92 Å². The largest absolute Gasteiger partial charge is 0.426 e. The van der Waals surface area contributed by atoms with Gasteiger partial charge < -0.3 is 4.74 Å². The van der Waals surface area contributed by atoms with E-state index in [1.165, 1.54) is 49.6 Å². The molecule has 0 unspecified atom stereocenters. The molecule has 0 bridgehead atoms. The molecule has 3 rings (SSSR count). The van der Waals surface area contributed by atoms with Crippen LogP contribution in [0.2, 0.25) is 0 Å². The van der Waals surface area contributed by atoms with E-state index in [0.717, 1.165) is 31.6 Å². The summed E-state index contributed by atoms with van der Waals surface area (Å²) in [6, 6.07) is 10.0. The lowest BCUT2D eigenvalue weighted by Crippen LogP contribution is -2.25. The molecule has 0 radical (unpaired) electrons. The number of rotatable bonds is 6. The minimum Gasteiger partial charge on any atom is -0.426 e. The lowest BCUT2D eigenvalue weighted by Gasteiger charge is -2.27. The van der Waals surface area contributed by atoms with Crippen molar-refractivity contribution in [3.63, 3.8) is 0 Å². The summed E-state index contributed by atoms with van der Waals surface area (Å²) in [4.78, 5) is 12.4. The molecular formula is C23H26F2O2. The Labute approximate surface area is 159 Å². The van der Waals surface area contributed by atoms with Gasteiger partial charge in [-0.3, -0.25) is 4.79 Å². The molecule has 1 aliphatic carbocycles. The van der Waals surface area contributed by atoms with Crippen LogP contribution in [0.15, 0.2) is 42.5 Å². The van der Waals surface area contributed by atoms with Gasteiger partial charge in [-0.2, -0.15) is 0 Å². The van der Waals surface area contributed by atoms with E-state index in [1.807, 2.05) is 0 Å². The Bertz CT molecular complexity index is 762. The van der Waals surface area contributed by atoms with E-state index in [-0.39, 0.29) is 23.5 Å². The van der Waals surface area contributed by atoms with Crippen LogP contribution in [0.3, 0.4) is 0 Å². The van der Waals surface area contributed by atoms with E-state index in [9.17, 15) is 13.6 Å². The van der Waals surface area contributed by atoms with Crippen LogP contribution in [0, 0.1) is 23.5 Å². The molecule has 2 nitrogen and oxygen atoms in total. The van der Waals surface area contributed by atoms with Gasteiger partial charge in [0.15, 0.2) is 0 Å². The molecule has 0 amide bonds. The molecule has 0 N–H and O–H groups in total. The highest BCUT2D eigenvalue weighted by Gasteiger charge is 2.27. The van der Waals surface area contributed by atoms with Crippen molar-refractivity contribution in [3.05, 3.63) is 54.1 Å². The maximum Gasteiger partial charge on any atom is 0.314 e. The summed E-state index contributed by atoms with van der Waals surface area (Å²) in [6.45, 7) is 2.20. The molecule has 0 aromatic heterocycles. The van der Waals surface area contributed by atoms with E-state index in [1.54, 1.807) is 12.1 Å². The molecule has 0 saturated heterocycles. The van der Waals surface area contributed by atoms with Gasteiger partial charge in [0.2, 0.25) is 0 Å². The minimum absolute atomic E-state index is 0.0947. The van der Waals surface area contributed by atoms with Crippen molar-refractivity contribution in [3.8, 4) is 16.9 Å². The maximum atomic E-state index is 14.4. The van der Waals surface area contributed by atoms with Crippen LogP contribution >= 0.6 is 0 Å². The molecular weight excluding hydrogens is 346 g/mol. The molecule has 4 heteroatoms. The number of carbonyl (C=O) groups is 1. The third-order valence-electron chi connectivity index (χ3n) is 5.46. The lowest BCUT2D eigenvalue weighted by atomic mass is 9.80. The standard InChI is InChI=1S/C23H26F2O2/c1-2-3-4-16-5-7-18(8-6-16)23(26)27-20-13-14-21(22(25)15-20)17-9-11-19(24)12-10-17/h9-16,18H,2-8H2,1H3. The molecule has 144 valence electrons. The summed E-state index contributed by atoms with van der Waals surface area (Å²) < 4.78 is 32.9. The van der Waals surface area contributed by atoms with Gasteiger partial charge in [0.25, 0.3) is 0 Å². The third kappa shape index (κ3) is 5.15. The zero-order valence-electron chi connectivity index (χ0n) is 15.7. The Hall–Kier alpha value is -2.23. The van der Waals surface area contributed by atoms with Crippen LogP contribution in [0.1, 0.15) is 51.9 Å². The summed E-state index contributed by atoms with van der Waals surface area (Å²) >= 11 is 0. The van der Waals surface area contributed by atoms with Crippen LogP contribution in [0.25, 0.3) is 11.1 Å². The van der Waals surface area contributed by atoms with Gasteiger partial charge in [0.05, 0.1) is 5.92 Å².